The van der Waals surface area contributed by atoms with E-state index >= 15 is 0 Å². The molecule has 1 amide bonds. The van der Waals surface area contributed by atoms with E-state index in [0.29, 0.717) is 15.8 Å². The molecule has 2 aromatic rings. The molecule has 0 aliphatic rings. The van der Waals surface area contributed by atoms with Gasteiger partial charge in [0.15, 0.2) is 0 Å². The molecule has 7 heteroatoms. The van der Waals surface area contributed by atoms with Crippen LogP contribution in [0.2, 0.25) is 0 Å². The third-order valence-corrected chi connectivity index (χ3v) is 5.11. The average molecular weight is 426 g/mol. The molecule has 0 saturated carbocycles. The number of benzene rings is 2. The van der Waals surface area contributed by atoms with E-state index in [1.165, 1.54) is 31.0 Å². The fourth-order valence-corrected chi connectivity index (χ4v) is 3.19. The third kappa shape index (κ3) is 5.57. The summed E-state index contributed by atoms with van der Waals surface area (Å²) in [5.41, 5.74) is 1.52. The molecular weight excluding hydrogens is 409 g/mol. The molecule has 2 aromatic carbocycles. The Hall–Kier alpha value is -1.86. The van der Waals surface area contributed by atoms with Crippen LogP contribution in [-0.2, 0) is 15.3 Å². The van der Waals surface area contributed by atoms with Crippen molar-refractivity contribution < 1.29 is 18.7 Å². The summed E-state index contributed by atoms with van der Waals surface area (Å²) in [5.74, 6) is -0.633. The molecule has 1 atom stereocenters. The number of ether oxygens (including phenoxy) is 1. The van der Waals surface area contributed by atoms with Crippen LogP contribution in [-0.4, -0.2) is 24.2 Å². The maximum absolute atomic E-state index is 13.8. The number of methoxy groups -OCH3 is 1. The van der Waals surface area contributed by atoms with Gasteiger partial charge in [-0.2, -0.15) is 0 Å². The predicted molar refractivity (Wildman–Crippen MR) is 101 cm³/mol. The minimum atomic E-state index is -0.495. The number of esters is 1. The molecule has 0 spiro atoms. The van der Waals surface area contributed by atoms with E-state index in [1.807, 2.05) is 6.07 Å². The molecular formula is C18H17BrFNO3S. The van der Waals surface area contributed by atoms with E-state index in [-0.39, 0.29) is 16.8 Å². The highest BCUT2D eigenvalue weighted by molar-refractivity contribution is 9.10. The van der Waals surface area contributed by atoms with E-state index in [4.69, 9.17) is 4.74 Å². The van der Waals surface area contributed by atoms with Crippen LogP contribution in [0.3, 0.4) is 0 Å². The highest BCUT2D eigenvalue weighted by Crippen LogP contribution is 2.23. The van der Waals surface area contributed by atoms with Gasteiger partial charge in [-0.3, -0.25) is 4.79 Å². The first-order valence-electron chi connectivity index (χ1n) is 7.45. The topological polar surface area (TPSA) is 55.4 Å². The van der Waals surface area contributed by atoms with Gasteiger partial charge in [-0.1, -0.05) is 28.1 Å². The van der Waals surface area contributed by atoms with Gasteiger partial charge in [0.05, 0.1) is 23.6 Å². The molecule has 132 valence electrons. The Bertz CT molecular complexity index is 785. The van der Waals surface area contributed by atoms with Gasteiger partial charge in [-0.05, 0) is 42.8 Å². The smallest absolute Gasteiger partial charge is 0.337 e. The molecule has 1 unspecified atom stereocenters. The van der Waals surface area contributed by atoms with Gasteiger partial charge < -0.3 is 10.1 Å². The Balaban J connectivity index is 1.94. The first-order chi connectivity index (χ1) is 11.9. The second-order valence-electron chi connectivity index (χ2n) is 5.26. The minimum absolute atomic E-state index is 0.147. The van der Waals surface area contributed by atoms with Crippen molar-refractivity contribution in [3.63, 3.8) is 0 Å². The van der Waals surface area contributed by atoms with Crippen molar-refractivity contribution in [1.29, 1.82) is 0 Å². The molecule has 2 rings (SSSR count). The third-order valence-electron chi connectivity index (χ3n) is 3.41. The Kier molecular flexibility index (Phi) is 7.01. The normalized spacial score (nSPS) is 11.7. The molecule has 0 radical (unpaired) electrons. The second kappa shape index (κ2) is 9.01. The number of nitrogens with one attached hydrogen (secondary N) is 1. The predicted octanol–water partition coefficient (Wildman–Crippen LogP) is 4.64. The standard InChI is InChI=1S/C18H17BrFNO3S/c1-11(17(22)21-16-7-6-14(19)9-15(16)20)25-10-12-4-3-5-13(8-12)18(23)24-2/h3-9,11H,10H2,1-2H3,(H,21,22). The SMILES string of the molecule is COC(=O)c1cccc(CSC(C)C(=O)Nc2ccc(Br)cc2F)c1. The van der Waals surface area contributed by atoms with E-state index < -0.39 is 11.8 Å². The van der Waals surface area contributed by atoms with E-state index in [0.717, 1.165) is 5.56 Å². The van der Waals surface area contributed by atoms with Gasteiger partial charge in [-0.25, -0.2) is 9.18 Å². The quantitative estimate of drug-likeness (QED) is 0.685. The van der Waals surface area contributed by atoms with Crippen molar-refractivity contribution in [2.24, 2.45) is 0 Å². The lowest BCUT2D eigenvalue weighted by Crippen LogP contribution is -2.23. The fourth-order valence-electron chi connectivity index (χ4n) is 2.03. The number of carbonyl (C=O) groups excluding carboxylic acids is 2. The Morgan fingerprint density at radius 3 is 2.72 bits per heavy atom. The highest BCUT2D eigenvalue weighted by atomic mass is 79.9. The van der Waals surface area contributed by atoms with E-state index in [2.05, 4.69) is 21.2 Å². The molecule has 1 N–H and O–H groups in total. The van der Waals surface area contributed by atoms with Crippen LogP contribution in [0.4, 0.5) is 10.1 Å². The number of halogens is 2. The Morgan fingerprint density at radius 2 is 2.04 bits per heavy atom. The number of amides is 1. The summed E-state index contributed by atoms with van der Waals surface area (Å²) in [4.78, 5) is 23.7. The van der Waals surface area contributed by atoms with Crippen molar-refractivity contribution in [2.45, 2.75) is 17.9 Å². The van der Waals surface area contributed by atoms with Crippen LogP contribution >= 0.6 is 27.7 Å². The first kappa shape index (κ1) is 19.5. The molecule has 0 bridgehead atoms. The maximum atomic E-state index is 13.8. The number of hydrogen-bond donors (Lipinski definition) is 1. The Morgan fingerprint density at radius 1 is 1.28 bits per heavy atom. The number of thioether (sulfide) groups is 1. The van der Waals surface area contributed by atoms with Crippen LogP contribution in [0.5, 0.6) is 0 Å². The number of hydrogen-bond acceptors (Lipinski definition) is 4. The van der Waals surface area contributed by atoms with Crippen LogP contribution < -0.4 is 5.32 Å². The van der Waals surface area contributed by atoms with Crippen LogP contribution in [0, 0.1) is 5.82 Å². The summed E-state index contributed by atoms with van der Waals surface area (Å²) in [6.07, 6.45) is 0. The summed E-state index contributed by atoms with van der Waals surface area (Å²) < 4.78 is 19.1. The molecule has 0 saturated heterocycles. The van der Waals surface area contributed by atoms with Crippen molar-refractivity contribution in [3.05, 3.63) is 63.9 Å². The lowest BCUT2D eigenvalue weighted by molar-refractivity contribution is -0.115. The van der Waals surface area contributed by atoms with E-state index in [1.54, 1.807) is 31.2 Å². The van der Waals surface area contributed by atoms with Crippen molar-refractivity contribution in [3.8, 4) is 0 Å². The van der Waals surface area contributed by atoms with Gasteiger partial charge in [-0.15, -0.1) is 11.8 Å². The van der Waals surface area contributed by atoms with Gasteiger partial charge in [0.25, 0.3) is 0 Å². The van der Waals surface area contributed by atoms with Crippen molar-refractivity contribution in [1.82, 2.24) is 0 Å². The fraction of sp³-hybridized carbons (Fsp3) is 0.222. The lowest BCUT2D eigenvalue weighted by Gasteiger charge is -2.13. The number of rotatable bonds is 6. The molecule has 4 nitrogen and oxygen atoms in total. The minimum Gasteiger partial charge on any atom is -0.465 e. The van der Waals surface area contributed by atoms with Crippen LogP contribution in [0.15, 0.2) is 46.9 Å². The zero-order chi connectivity index (χ0) is 18.4. The number of carbonyl (C=O) groups is 2. The van der Waals surface area contributed by atoms with E-state index in [9.17, 15) is 14.0 Å². The Labute approximate surface area is 158 Å². The van der Waals surface area contributed by atoms with Gasteiger partial charge in [0.2, 0.25) is 5.91 Å². The van der Waals surface area contributed by atoms with Crippen LogP contribution in [0.25, 0.3) is 0 Å². The average Bonchev–Trinajstić information content (AvgIpc) is 2.61. The molecule has 0 aliphatic carbocycles. The molecule has 0 fully saturated rings. The number of anilines is 1. The van der Waals surface area contributed by atoms with Crippen molar-refractivity contribution in [2.75, 3.05) is 12.4 Å². The van der Waals surface area contributed by atoms with Crippen LogP contribution in [0.1, 0.15) is 22.8 Å². The summed E-state index contributed by atoms with van der Waals surface area (Å²) >= 11 is 4.57. The summed E-state index contributed by atoms with van der Waals surface area (Å²) in [6.45, 7) is 1.75. The second-order valence-corrected chi connectivity index (χ2v) is 7.50. The highest BCUT2D eigenvalue weighted by Gasteiger charge is 2.16. The summed E-state index contributed by atoms with van der Waals surface area (Å²) in [6, 6.07) is 11.5. The lowest BCUT2D eigenvalue weighted by atomic mass is 10.1. The van der Waals surface area contributed by atoms with Gasteiger partial charge >= 0.3 is 5.97 Å². The monoisotopic (exact) mass is 425 g/mol. The summed E-state index contributed by atoms with van der Waals surface area (Å²) in [7, 11) is 1.33. The largest absolute Gasteiger partial charge is 0.465 e. The molecule has 0 aromatic heterocycles. The molecule has 25 heavy (non-hydrogen) atoms. The van der Waals surface area contributed by atoms with Crippen molar-refractivity contribution >= 4 is 45.3 Å². The molecule has 0 aliphatic heterocycles. The van der Waals surface area contributed by atoms with Gasteiger partial charge in [0, 0.05) is 10.2 Å². The summed E-state index contributed by atoms with van der Waals surface area (Å²) in [5, 5.41) is 2.20. The van der Waals surface area contributed by atoms with Gasteiger partial charge in [0.1, 0.15) is 5.82 Å². The molecule has 0 heterocycles. The maximum Gasteiger partial charge on any atom is 0.337 e. The first-order valence-corrected chi connectivity index (χ1v) is 9.29. The zero-order valence-corrected chi connectivity index (χ0v) is 16.1. The zero-order valence-electron chi connectivity index (χ0n) is 13.7.